The highest BCUT2D eigenvalue weighted by Gasteiger charge is 2.28. The molecule has 1 aromatic rings. The molecule has 1 aliphatic rings. The lowest BCUT2D eigenvalue weighted by atomic mass is 9.85. The van der Waals surface area contributed by atoms with Crippen LogP contribution in [0.25, 0.3) is 0 Å². The van der Waals surface area contributed by atoms with Crippen molar-refractivity contribution in [2.24, 2.45) is 5.92 Å². The predicted molar refractivity (Wildman–Crippen MR) is 90.0 cm³/mol. The number of pyridine rings is 1. The second-order valence-corrected chi connectivity index (χ2v) is 6.31. The van der Waals surface area contributed by atoms with Crippen LogP contribution in [0, 0.1) is 5.92 Å². The highest BCUT2D eigenvalue weighted by atomic mass is 16.5. The van der Waals surface area contributed by atoms with E-state index in [0.717, 1.165) is 19.3 Å². The summed E-state index contributed by atoms with van der Waals surface area (Å²) in [7, 11) is 2.98. The predicted octanol–water partition coefficient (Wildman–Crippen LogP) is 2.06. The SMILES string of the molecule is COC(=O)c1cccc(C(=O)OCC(=O)N(C)[C@@H]2CCCC[C@@H]2C)n1. The van der Waals surface area contributed by atoms with Gasteiger partial charge in [0, 0.05) is 13.1 Å². The van der Waals surface area contributed by atoms with Gasteiger partial charge in [-0.1, -0.05) is 25.8 Å². The maximum Gasteiger partial charge on any atom is 0.357 e. The number of hydrogen-bond acceptors (Lipinski definition) is 6. The van der Waals surface area contributed by atoms with Gasteiger partial charge in [0.15, 0.2) is 6.61 Å². The van der Waals surface area contributed by atoms with Crippen LogP contribution < -0.4 is 0 Å². The van der Waals surface area contributed by atoms with Gasteiger partial charge >= 0.3 is 11.9 Å². The van der Waals surface area contributed by atoms with Gasteiger partial charge in [-0.2, -0.15) is 0 Å². The van der Waals surface area contributed by atoms with Crippen LogP contribution in [0.1, 0.15) is 53.6 Å². The molecule has 1 saturated carbocycles. The summed E-state index contributed by atoms with van der Waals surface area (Å²) in [6, 6.07) is 4.55. The van der Waals surface area contributed by atoms with E-state index < -0.39 is 11.9 Å². The molecule has 2 rings (SSSR count). The van der Waals surface area contributed by atoms with E-state index in [-0.39, 0.29) is 29.9 Å². The Balaban J connectivity index is 1.93. The molecule has 1 aromatic heterocycles. The minimum absolute atomic E-state index is 0.0106. The molecular weight excluding hydrogens is 324 g/mol. The molecular formula is C18H24N2O5. The minimum Gasteiger partial charge on any atom is -0.464 e. The van der Waals surface area contributed by atoms with E-state index in [1.807, 2.05) is 0 Å². The van der Waals surface area contributed by atoms with Gasteiger partial charge < -0.3 is 14.4 Å². The molecule has 2 atom stereocenters. The van der Waals surface area contributed by atoms with Crippen molar-refractivity contribution in [1.82, 2.24) is 9.88 Å². The van der Waals surface area contributed by atoms with E-state index in [2.05, 4.69) is 16.6 Å². The molecule has 0 radical (unpaired) electrons. The number of nitrogens with zero attached hydrogens (tertiary/aromatic N) is 2. The van der Waals surface area contributed by atoms with Gasteiger partial charge in [-0.05, 0) is 30.9 Å². The normalized spacial score (nSPS) is 19.8. The molecule has 1 amide bonds. The molecule has 7 nitrogen and oxygen atoms in total. The van der Waals surface area contributed by atoms with Gasteiger partial charge in [-0.25, -0.2) is 14.6 Å². The standard InChI is InChI=1S/C18H24N2O5/c1-12-7-4-5-10-15(12)20(2)16(21)11-25-18(23)14-9-6-8-13(19-14)17(22)24-3/h6,8-9,12,15H,4-5,7,10-11H2,1-3H3/t12-,15+/m0/s1. The Bertz CT molecular complexity index is 646. The first-order chi connectivity index (χ1) is 11.9. The summed E-state index contributed by atoms with van der Waals surface area (Å²) in [6.45, 7) is 1.80. The van der Waals surface area contributed by atoms with Crippen LogP contribution in [0.3, 0.4) is 0 Å². The van der Waals surface area contributed by atoms with E-state index >= 15 is 0 Å². The molecule has 1 aliphatic carbocycles. The largest absolute Gasteiger partial charge is 0.464 e. The van der Waals surface area contributed by atoms with E-state index in [0.29, 0.717) is 5.92 Å². The molecule has 7 heteroatoms. The molecule has 0 bridgehead atoms. The number of hydrogen-bond donors (Lipinski definition) is 0. The van der Waals surface area contributed by atoms with Crippen molar-refractivity contribution in [2.45, 2.75) is 38.6 Å². The molecule has 0 aromatic carbocycles. The number of esters is 2. The summed E-state index contributed by atoms with van der Waals surface area (Å²) in [6.07, 6.45) is 4.37. The fraction of sp³-hybridized carbons (Fsp3) is 0.556. The first-order valence-electron chi connectivity index (χ1n) is 8.42. The summed E-state index contributed by atoms with van der Waals surface area (Å²) in [5, 5.41) is 0. The smallest absolute Gasteiger partial charge is 0.357 e. The lowest BCUT2D eigenvalue weighted by molar-refractivity contribution is -0.136. The van der Waals surface area contributed by atoms with Crippen LogP contribution in [0.15, 0.2) is 18.2 Å². The van der Waals surface area contributed by atoms with E-state index in [1.54, 1.807) is 11.9 Å². The van der Waals surface area contributed by atoms with Crippen molar-refractivity contribution in [2.75, 3.05) is 20.8 Å². The number of likely N-dealkylation sites (N-methyl/N-ethyl adjacent to an activating group) is 1. The summed E-state index contributed by atoms with van der Waals surface area (Å²) < 4.78 is 9.62. The van der Waals surface area contributed by atoms with Gasteiger partial charge in [0.25, 0.3) is 5.91 Å². The van der Waals surface area contributed by atoms with Crippen LogP contribution in [0.4, 0.5) is 0 Å². The first-order valence-corrected chi connectivity index (χ1v) is 8.42. The van der Waals surface area contributed by atoms with Crippen LogP contribution in [0.2, 0.25) is 0 Å². The molecule has 0 aliphatic heterocycles. The lowest BCUT2D eigenvalue weighted by Gasteiger charge is -2.36. The van der Waals surface area contributed by atoms with Crippen LogP contribution in [-0.4, -0.2) is 54.5 Å². The third-order valence-electron chi connectivity index (χ3n) is 4.64. The molecule has 1 fully saturated rings. The molecule has 1 heterocycles. The maximum atomic E-state index is 12.3. The maximum absolute atomic E-state index is 12.3. The Morgan fingerprint density at radius 3 is 2.44 bits per heavy atom. The van der Waals surface area contributed by atoms with Crippen molar-refractivity contribution in [3.8, 4) is 0 Å². The Labute approximate surface area is 147 Å². The second-order valence-electron chi connectivity index (χ2n) is 6.31. The van der Waals surface area contributed by atoms with Gasteiger partial charge in [0.2, 0.25) is 0 Å². The summed E-state index contributed by atoms with van der Waals surface area (Å²) >= 11 is 0. The van der Waals surface area contributed by atoms with E-state index in [1.165, 1.54) is 31.7 Å². The monoisotopic (exact) mass is 348 g/mol. The number of ether oxygens (including phenoxy) is 2. The Morgan fingerprint density at radius 2 is 1.80 bits per heavy atom. The molecule has 0 N–H and O–H groups in total. The van der Waals surface area contributed by atoms with Gasteiger partial charge in [-0.3, -0.25) is 4.79 Å². The number of carbonyl (C=O) groups excluding carboxylic acids is 3. The molecule has 0 saturated heterocycles. The highest BCUT2D eigenvalue weighted by Crippen LogP contribution is 2.27. The third kappa shape index (κ3) is 4.78. The van der Waals surface area contributed by atoms with Crippen molar-refractivity contribution in [3.63, 3.8) is 0 Å². The fourth-order valence-electron chi connectivity index (χ4n) is 3.13. The topological polar surface area (TPSA) is 85.8 Å². The Hall–Kier alpha value is -2.44. The number of amides is 1. The number of rotatable bonds is 5. The quantitative estimate of drug-likeness (QED) is 0.757. The van der Waals surface area contributed by atoms with Crippen LogP contribution >= 0.6 is 0 Å². The molecule has 136 valence electrons. The fourth-order valence-corrected chi connectivity index (χ4v) is 3.13. The average molecular weight is 348 g/mol. The Kier molecular flexibility index (Phi) is 6.50. The minimum atomic E-state index is -0.746. The Morgan fingerprint density at radius 1 is 1.16 bits per heavy atom. The zero-order chi connectivity index (χ0) is 18.4. The van der Waals surface area contributed by atoms with Gasteiger partial charge in [-0.15, -0.1) is 0 Å². The third-order valence-corrected chi connectivity index (χ3v) is 4.64. The van der Waals surface area contributed by atoms with Crippen molar-refractivity contribution < 1.29 is 23.9 Å². The number of carbonyl (C=O) groups is 3. The average Bonchev–Trinajstić information content (AvgIpc) is 2.65. The summed E-state index contributed by atoms with van der Waals surface area (Å²) in [4.78, 5) is 41.4. The van der Waals surface area contributed by atoms with Crippen molar-refractivity contribution >= 4 is 17.8 Å². The zero-order valence-electron chi connectivity index (χ0n) is 14.9. The summed E-state index contributed by atoms with van der Waals surface area (Å²) in [5.74, 6) is -1.19. The van der Waals surface area contributed by atoms with E-state index in [9.17, 15) is 14.4 Å². The van der Waals surface area contributed by atoms with Crippen molar-refractivity contribution in [1.29, 1.82) is 0 Å². The van der Waals surface area contributed by atoms with Gasteiger partial charge in [0.1, 0.15) is 11.4 Å². The van der Waals surface area contributed by atoms with E-state index in [4.69, 9.17) is 4.74 Å². The zero-order valence-corrected chi connectivity index (χ0v) is 14.9. The number of methoxy groups -OCH3 is 1. The molecule has 0 unspecified atom stereocenters. The van der Waals surface area contributed by atoms with Crippen LogP contribution in [0.5, 0.6) is 0 Å². The summed E-state index contributed by atoms with van der Waals surface area (Å²) in [5.41, 5.74) is -0.0270. The van der Waals surface area contributed by atoms with Crippen molar-refractivity contribution in [3.05, 3.63) is 29.6 Å². The first kappa shape index (κ1) is 18.9. The highest BCUT2D eigenvalue weighted by molar-refractivity contribution is 5.92. The number of aromatic nitrogens is 1. The molecule has 0 spiro atoms. The second kappa shape index (κ2) is 8.60. The van der Waals surface area contributed by atoms with Crippen LogP contribution in [-0.2, 0) is 14.3 Å². The van der Waals surface area contributed by atoms with Gasteiger partial charge in [0.05, 0.1) is 7.11 Å². The molecule has 25 heavy (non-hydrogen) atoms. The lowest BCUT2D eigenvalue weighted by Crippen LogP contribution is -2.44.